The molecule has 1 saturated heterocycles. The van der Waals surface area contributed by atoms with Gasteiger partial charge in [0, 0.05) is 37.5 Å². The molecule has 0 spiro atoms. The maximum Gasteiger partial charge on any atom is 0.306 e. The van der Waals surface area contributed by atoms with Crippen LogP contribution in [0.15, 0.2) is 36.7 Å². The topological polar surface area (TPSA) is 64.5 Å². The minimum Gasteiger partial charge on any atom is -0.460 e. The predicted octanol–water partition coefficient (Wildman–Crippen LogP) is 3.25. The van der Waals surface area contributed by atoms with E-state index < -0.39 is 5.60 Å². The molecule has 1 fully saturated rings. The van der Waals surface area contributed by atoms with Crippen LogP contribution in [-0.2, 0) is 20.7 Å². The number of hydrogen-bond donors (Lipinski definition) is 0. The lowest BCUT2D eigenvalue weighted by Crippen LogP contribution is -2.37. The molecule has 6 nitrogen and oxygen atoms in total. The van der Waals surface area contributed by atoms with E-state index in [1.807, 2.05) is 51.4 Å². The molecule has 2 heterocycles. The van der Waals surface area contributed by atoms with Crippen LogP contribution >= 0.6 is 0 Å². The van der Waals surface area contributed by atoms with Gasteiger partial charge in [-0.15, -0.1) is 0 Å². The lowest BCUT2D eigenvalue weighted by molar-refractivity contribution is -0.154. The normalized spacial score (nSPS) is 14.9. The molecule has 1 aliphatic rings. The van der Waals surface area contributed by atoms with Gasteiger partial charge < -0.3 is 14.4 Å². The summed E-state index contributed by atoms with van der Waals surface area (Å²) in [6.07, 6.45) is 4.72. The highest BCUT2D eigenvalue weighted by Crippen LogP contribution is 2.21. The van der Waals surface area contributed by atoms with Crippen molar-refractivity contribution in [3.8, 4) is 11.1 Å². The van der Waals surface area contributed by atoms with Gasteiger partial charge in [0.2, 0.25) is 5.95 Å². The van der Waals surface area contributed by atoms with E-state index in [1.54, 1.807) is 0 Å². The molecule has 6 heteroatoms. The van der Waals surface area contributed by atoms with Crippen LogP contribution in [0.4, 0.5) is 5.95 Å². The van der Waals surface area contributed by atoms with Crippen LogP contribution in [0.2, 0.25) is 0 Å². The summed E-state index contributed by atoms with van der Waals surface area (Å²) >= 11 is 0. The summed E-state index contributed by atoms with van der Waals surface area (Å²) in [4.78, 5) is 23.1. The van der Waals surface area contributed by atoms with Crippen LogP contribution in [0, 0.1) is 0 Å². The predicted molar refractivity (Wildman–Crippen MR) is 105 cm³/mol. The lowest BCUT2D eigenvalue weighted by Gasteiger charge is -2.26. The third-order valence-electron chi connectivity index (χ3n) is 4.23. The Balaban J connectivity index is 1.63. The van der Waals surface area contributed by atoms with Gasteiger partial charge in [-0.1, -0.05) is 24.3 Å². The van der Waals surface area contributed by atoms with Gasteiger partial charge in [-0.3, -0.25) is 4.79 Å². The van der Waals surface area contributed by atoms with Gasteiger partial charge in [-0.05, 0) is 38.3 Å². The van der Waals surface area contributed by atoms with Crippen LogP contribution in [0.1, 0.15) is 32.8 Å². The van der Waals surface area contributed by atoms with Crippen molar-refractivity contribution in [2.75, 3.05) is 31.2 Å². The Morgan fingerprint density at radius 3 is 2.52 bits per heavy atom. The first-order valence-electron chi connectivity index (χ1n) is 9.37. The van der Waals surface area contributed by atoms with E-state index in [4.69, 9.17) is 9.47 Å². The number of aryl methyl sites for hydroxylation is 1. The van der Waals surface area contributed by atoms with Crippen LogP contribution in [0.5, 0.6) is 0 Å². The molecule has 1 aliphatic heterocycles. The maximum atomic E-state index is 11.9. The molecule has 0 amide bonds. The highest BCUT2D eigenvalue weighted by molar-refractivity contribution is 5.70. The molecule has 0 radical (unpaired) electrons. The monoisotopic (exact) mass is 369 g/mol. The third kappa shape index (κ3) is 5.76. The number of nitrogens with zero attached hydrogens (tertiary/aromatic N) is 3. The fraction of sp³-hybridized carbons (Fsp3) is 0.476. The van der Waals surface area contributed by atoms with Crippen molar-refractivity contribution >= 4 is 11.9 Å². The number of aromatic nitrogens is 2. The number of morpholine rings is 1. The molecule has 0 N–H and O–H groups in total. The maximum absolute atomic E-state index is 11.9. The zero-order valence-corrected chi connectivity index (χ0v) is 16.3. The van der Waals surface area contributed by atoms with Crippen molar-refractivity contribution in [3.63, 3.8) is 0 Å². The summed E-state index contributed by atoms with van der Waals surface area (Å²) in [6.45, 7) is 8.71. The number of benzene rings is 1. The second kappa shape index (κ2) is 8.48. The summed E-state index contributed by atoms with van der Waals surface area (Å²) in [5.41, 5.74) is 2.66. The van der Waals surface area contributed by atoms with Crippen molar-refractivity contribution in [3.05, 3.63) is 42.2 Å². The van der Waals surface area contributed by atoms with Gasteiger partial charge >= 0.3 is 5.97 Å². The Labute approximate surface area is 160 Å². The largest absolute Gasteiger partial charge is 0.460 e. The van der Waals surface area contributed by atoms with E-state index in [2.05, 4.69) is 20.9 Å². The van der Waals surface area contributed by atoms with Gasteiger partial charge in [-0.25, -0.2) is 9.97 Å². The summed E-state index contributed by atoms with van der Waals surface area (Å²) in [5.74, 6) is 0.564. The second-order valence-corrected chi connectivity index (χ2v) is 7.66. The fourth-order valence-corrected chi connectivity index (χ4v) is 2.94. The molecular formula is C21H27N3O3. The van der Waals surface area contributed by atoms with E-state index in [1.165, 1.54) is 0 Å². The average molecular weight is 369 g/mol. The molecule has 0 saturated carbocycles. The van der Waals surface area contributed by atoms with Gasteiger partial charge in [0.15, 0.2) is 0 Å². The number of rotatable bonds is 5. The molecule has 0 unspecified atom stereocenters. The number of hydrogen-bond acceptors (Lipinski definition) is 6. The Morgan fingerprint density at radius 2 is 1.85 bits per heavy atom. The number of esters is 1. The van der Waals surface area contributed by atoms with E-state index in [0.29, 0.717) is 26.1 Å². The van der Waals surface area contributed by atoms with E-state index in [-0.39, 0.29) is 5.97 Å². The minimum atomic E-state index is -0.446. The van der Waals surface area contributed by atoms with Gasteiger partial charge in [0.05, 0.1) is 13.2 Å². The van der Waals surface area contributed by atoms with Gasteiger partial charge in [0.25, 0.3) is 0 Å². The Morgan fingerprint density at radius 1 is 1.15 bits per heavy atom. The number of carbonyl (C=O) groups excluding carboxylic acids is 1. The fourth-order valence-electron chi connectivity index (χ4n) is 2.94. The van der Waals surface area contributed by atoms with Gasteiger partial charge in [-0.2, -0.15) is 0 Å². The van der Waals surface area contributed by atoms with Crippen molar-refractivity contribution in [1.82, 2.24) is 9.97 Å². The number of ether oxygens (including phenoxy) is 2. The Bertz CT molecular complexity index is 763. The molecule has 27 heavy (non-hydrogen) atoms. The Kier molecular flexibility index (Phi) is 6.06. The smallest absolute Gasteiger partial charge is 0.306 e. The van der Waals surface area contributed by atoms with E-state index in [9.17, 15) is 4.79 Å². The van der Waals surface area contributed by atoms with Crippen LogP contribution in [0.3, 0.4) is 0 Å². The summed E-state index contributed by atoms with van der Waals surface area (Å²) in [5, 5.41) is 0. The molecule has 2 aromatic rings. The zero-order chi connectivity index (χ0) is 19.3. The standard InChI is InChI=1S/C21H27N3O3/c1-21(2,3)27-19(25)8-7-16-5-4-6-17(13-16)18-14-22-20(23-15-18)24-9-11-26-12-10-24/h4-6,13-15H,7-12H2,1-3H3. The lowest BCUT2D eigenvalue weighted by atomic mass is 10.0. The van der Waals surface area contributed by atoms with Crippen molar-refractivity contribution in [1.29, 1.82) is 0 Å². The minimum absolute atomic E-state index is 0.175. The molecule has 0 atom stereocenters. The first-order valence-corrected chi connectivity index (χ1v) is 9.37. The second-order valence-electron chi connectivity index (χ2n) is 7.66. The molecular weight excluding hydrogens is 342 g/mol. The highest BCUT2D eigenvalue weighted by atomic mass is 16.6. The summed E-state index contributed by atoms with van der Waals surface area (Å²) < 4.78 is 10.7. The van der Waals surface area contributed by atoms with Crippen molar-refractivity contribution in [2.24, 2.45) is 0 Å². The molecule has 1 aromatic carbocycles. The zero-order valence-electron chi connectivity index (χ0n) is 16.3. The first kappa shape index (κ1) is 19.3. The molecule has 144 valence electrons. The quantitative estimate of drug-likeness (QED) is 0.754. The van der Waals surface area contributed by atoms with Crippen LogP contribution in [-0.4, -0.2) is 47.8 Å². The SMILES string of the molecule is CC(C)(C)OC(=O)CCc1cccc(-c2cnc(N3CCOCC3)nc2)c1. The number of anilines is 1. The van der Waals surface area contributed by atoms with Crippen molar-refractivity contribution < 1.29 is 14.3 Å². The van der Waals surface area contributed by atoms with Gasteiger partial charge in [0.1, 0.15) is 5.60 Å². The van der Waals surface area contributed by atoms with E-state index >= 15 is 0 Å². The summed E-state index contributed by atoms with van der Waals surface area (Å²) in [6, 6.07) is 8.13. The third-order valence-corrected chi connectivity index (χ3v) is 4.23. The van der Waals surface area contributed by atoms with Crippen molar-refractivity contribution in [2.45, 2.75) is 39.2 Å². The molecule has 3 rings (SSSR count). The van der Waals surface area contributed by atoms with Crippen LogP contribution in [0.25, 0.3) is 11.1 Å². The molecule has 1 aromatic heterocycles. The Hall–Kier alpha value is -2.47. The number of carbonyl (C=O) groups is 1. The van der Waals surface area contributed by atoms with E-state index in [0.717, 1.165) is 35.7 Å². The molecule has 0 aliphatic carbocycles. The molecule has 0 bridgehead atoms. The van der Waals surface area contributed by atoms with Crippen LogP contribution < -0.4 is 4.90 Å². The highest BCUT2D eigenvalue weighted by Gasteiger charge is 2.16. The summed E-state index contributed by atoms with van der Waals surface area (Å²) in [7, 11) is 0. The average Bonchev–Trinajstić information content (AvgIpc) is 2.66. The first-order chi connectivity index (χ1) is 12.9.